The minimum Gasteiger partial charge on any atom is -0.491 e. The quantitative estimate of drug-likeness (QED) is 0.536. The minimum atomic E-state index is -4.72. The van der Waals surface area contributed by atoms with Crippen LogP contribution in [-0.2, 0) is 6.18 Å². The normalized spacial score (nSPS) is 17.7. The number of amides is 2. The number of nitrogens with one attached hydrogen (secondary N) is 1. The number of methoxy groups -OCH3 is 2. The molecule has 0 aliphatic carbocycles. The second-order valence-electron chi connectivity index (χ2n) is 8.44. The molecule has 2 amide bonds. The number of hydrogen-bond acceptors (Lipinski definition) is 6. The summed E-state index contributed by atoms with van der Waals surface area (Å²) in [4.78, 5) is 35.8. The molecule has 0 saturated carbocycles. The number of pyridine rings is 2. The van der Waals surface area contributed by atoms with Gasteiger partial charge in [0.2, 0.25) is 0 Å². The summed E-state index contributed by atoms with van der Waals surface area (Å²) >= 11 is 0. The predicted molar refractivity (Wildman–Crippen MR) is 128 cm³/mol. The van der Waals surface area contributed by atoms with Crippen molar-refractivity contribution >= 4 is 11.8 Å². The summed E-state index contributed by atoms with van der Waals surface area (Å²) < 4.78 is 50.7. The molecule has 0 unspecified atom stereocenters. The van der Waals surface area contributed by atoms with Crippen molar-refractivity contribution in [1.29, 1.82) is 0 Å². The fourth-order valence-electron chi connectivity index (χ4n) is 4.41. The van der Waals surface area contributed by atoms with Crippen molar-refractivity contribution in [2.24, 2.45) is 0 Å². The van der Waals surface area contributed by atoms with Crippen molar-refractivity contribution in [3.8, 4) is 11.6 Å². The highest BCUT2D eigenvalue weighted by Gasteiger charge is 2.38. The van der Waals surface area contributed by atoms with Crippen LogP contribution in [0.1, 0.15) is 44.4 Å². The highest BCUT2D eigenvalue weighted by Crippen LogP contribution is 2.33. The molecular formula is C26H25F3N4O4. The Morgan fingerprint density at radius 1 is 1.03 bits per heavy atom. The molecule has 3 aromatic rings. The summed E-state index contributed by atoms with van der Waals surface area (Å²) in [5.74, 6) is -1.07. The topological polar surface area (TPSA) is 93.7 Å². The van der Waals surface area contributed by atoms with Gasteiger partial charge in [-0.25, -0.2) is 4.98 Å². The third-order valence-corrected chi connectivity index (χ3v) is 6.23. The molecule has 1 fully saturated rings. The van der Waals surface area contributed by atoms with Gasteiger partial charge in [-0.05, 0) is 36.2 Å². The summed E-state index contributed by atoms with van der Waals surface area (Å²) in [7, 11) is 2.89. The van der Waals surface area contributed by atoms with E-state index in [0.29, 0.717) is 12.2 Å². The number of rotatable bonds is 6. The van der Waals surface area contributed by atoms with Crippen molar-refractivity contribution in [1.82, 2.24) is 20.2 Å². The van der Waals surface area contributed by atoms with Crippen LogP contribution in [0.2, 0.25) is 0 Å². The van der Waals surface area contributed by atoms with Crippen molar-refractivity contribution < 1.29 is 32.2 Å². The number of halogens is 3. The highest BCUT2D eigenvalue weighted by molar-refractivity contribution is 5.94. The molecule has 194 valence electrons. The third-order valence-electron chi connectivity index (χ3n) is 6.23. The molecule has 0 bridgehead atoms. The van der Waals surface area contributed by atoms with E-state index in [2.05, 4.69) is 15.3 Å². The van der Waals surface area contributed by atoms with Crippen molar-refractivity contribution in [2.45, 2.75) is 24.6 Å². The van der Waals surface area contributed by atoms with Gasteiger partial charge in [-0.3, -0.25) is 14.6 Å². The van der Waals surface area contributed by atoms with E-state index in [9.17, 15) is 22.8 Å². The first kappa shape index (κ1) is 25.9. The first-order chi connectivity index (χ1) is 17.7. The summed E-state index contributed by atoms with van der Waals surface area (Å²) in [6.45, 7) is 0.482. The Labute approximate surface area is 211 Å². The number of ether oxygens (including phenoxy) is 2. The van der Waals surface area contributed by atoms with E-state index in [1.807, 2.05) is 30.3 Å². The van der Waals surface area contributed by atoms with Crippen LogP contribution < -0.4 is 14.8 Å². The zero-order valence-corrected chi connectivity index (χ0v) is 20.2. The molecule has 8 nitrogen and oxygen atoms in total. The molecule has 37 heavy (non-hydrogen) atoms. The largest absolute Gasteiger partial charge is 0.491 e. The van der Waals surface area contributed by atoms with Gasteiger partial charge in [0.25, 0.3) is 17.7 Å². The molecule has 1 aliphatic heterocycles. The third kappa shape index (κ3) is 5.65. The maximum Gasteiger partial charge on any atom is 0.418 e. The van der Waals surface area contributed by atoms with Crippen molar-refractivity contribution in [2.75, 3.05) is 27.3 Å². The lowest BCUT2D eigenvalue weighted by atomic mass is 9.85. The van der Waals surface area contributed by atoms with Crippen LogP contribution in [-0.4, -0.2) is 60.0 Å². The molecule has 1 N–H and O–H groups in total. The lowest BCUT2D eigenvalue weighted by molar-refractivity contribution is -0.138. The standard InChI is InChI=1S/C26H25F3N4O4/c1-36-21-11-10-20(32-24(21)37-2)25(35)33-14-12-19(17(15-33)16-7-4-3-5-8-16)31-23(34)22-18(26(27,28)29)9-6-13-30-22/h3-11,13,17,19H,12,14-15H2,1-2H3,(H,31,34)/t17-,19-/m1/s1. The SMILES string of the molecule is COc1ccc(C(=O)N2CC[C@@H](NC(=O)c3ncccc3C(F)(F)F)[C@@H](c3ccccc3)C2)nc1OC. The Morgan fingerprint density at radius 3 is 2.46 bits per heavy atom. The Bertz CT molecular complexity index is 1270. The fourth-order valence-corrected chi connectivity index (χ4v) is 4.41. The number of benzene rings is 1. The molecular weight excluding hydrogens is 489 g/mol. The molecule has 2 aromatic heterocycles. The number of nitrogens with zero attached hydrogens (tertiary/aromatic N) is 3. The lowest BCUT2D eigenvalue weighted by Gasteiger charge is -2.39. The zero-order valence-electron chi connectivity index (χ0n) is 20.2. The number of likely N-dealkylation sites (tertiary alicyclic amines) is 1. The summed E-state index contributed by atoms with van der Waals surface area (Å²) in [6.07, 6.45) is -3.25. The number of alkyl halides is 3. The summed E-state index contributed by atoms with van der Waals surface area (Å²) in [6, 6.07) is 13.8. The van der Waals surface area contributed by atoms with E-state index >= 15 is 0 Å². The second kappa shape index (κ2) is 10.9. The molecule has 0 radical (unpaired) electrons. The van der Waals surface area contributed by atoms with Crippen molar-refractivity contribution in [3.63, 3.8) is 0 Å². The molecule has 2 atom stereocenters. The smallest absolute Gasteiger partial charge is 0.418 e. The molecule has 1 saturated heterocycles. The van der Waals surface area contributed by atoms with Gasteiger partial charge in [-0.1, -0.05) is 30.3 Å². The zero-order chi connectivity index (χ0) is 26.6. The Kier molecular flexibility index (Phi) is 7.61. The van der Waals surface area contributed by atoms with Crippen LogP contribution in [0.15, 0.2) is 60.8 Å². The summed E-state index contributed by atoms with van der Waals surface area (Å²) in [5.41, 5.74) is -0.788. The van der Waals surface area contributed by atoms with Gasteiger partial charge in [-0.2, -0.15) is 13.2 Å². The first-order valence-electron chi connectivity index (χ1n) is 11.5. The Hall–Kier alpha value is -4.15. The Morgan fingerprint density at radius 2 is 1.78 bits per heavy atom. The number of aromatic nitrogens is 2. The van der Waals surface area contributed by atoms with Crippen LogP contribution in [0, 0.1) is 0 Å². The summed E-state index contributed by atoms with van der Waals surface area (Å²) in [5, 5.41) is 2.74. The monoisotopic (exact) mass is 514 g/mol. The van der Waals surface area contributed by atoms with Crippen LogP contribution in [0.3, 0.4) is 0 Å². The second-order valence-corrected chi connectivity index (χ2v) is 8.44. The minimum absolute atomic E-state index is 0.162. The molecule has 1 aromatic carbocycles. The van der Waals surface area contributed by atoms with Crippen LogP contribution in [0.5, 0.6) is 11.6 Å². The molecule has 4 rings (SSSR count). The van der Waals surface area contributed by atoms with E-state index in [1.54, 1.807) is 11.0 Å². The molecule has 3 heterocycles. The average Bonchev–Trinajstić information content (AvgIpc) is 2.92. The maximum atomic E-state index is 13.4. The van der Waals surface area contributed by atoms with Gasteiger partial charge in [0.1, 0.15) is 11.4 Å². The van der Waals surface area contributed by atoms with Crippen molar-refractivity contribution in [3.05, 3.63) is 83.3 Å². The van der Waals surface area contributed by atoms with Crippen LogP contribution >= 0.6 is 0 Å². The van der Waals surface area contributed by atoms with E-state index in [-0.39, 0.29) is 36.5 Å². The number of carbonyl (C=O) groups excluding carboxylic acids is 2. The van der Waals surface area contributed by atoms with Gasteiger partial charge in [0, 0.05) is 31.2 Å². The fraction of sp³-hybridized carbons (Fsp3) is 0.308. The number of piperidine rings is 1. The molecule has 11 heteroatoms. The van der Waals surface area contributed by atoms with Gasteiger partial charge >= 0.3 is 6.18 Å². The van der Waals surface area contributed by atoms with Gasteiger partial charge in [0.05, 0.1) is 19.8 Å². The van der Waals surface area contributed by atoms with E-state index in [4.69, 9.17) is 9.47 Å². The van der Waals surface area contributed by atoms with Gasteiger partial charge in [-0.15, -0.1) is 0 Å². The van der Waals surface area contributed by atoms with Crippen LogP contribution in [0.4, 0.5) is 13.2 Å². The van der Waals surface area contributed by atoms with E-state index < -0.39 is 29.4 Å². The van der Waals surface area contributed by atoms with E-state index in [1.165, 1.54) is 20.3 Å². The van der Waals surface area contributed by atoms with E-state index in [0.717, 1.165) is 23.9 Å². The predicted octanol–water partition coefficient (Wildman–Crippen LogP) is 3.94. The molecule has 0 spiro atoms. The maximum absolute atomic E-state index is 13.4. The average molecular weight is 515 g/mol. The number of carbonyl (C=O) groups is 2. The van der Waals surface area contributed by atoms with Gasteiger partial charge in [0.15, 0.2) is 5.75 Å². The number of hydrogen-bond donors (Lipinski definition) is 1. The van der Waals surface area contributed by atoms with Gasteiger partial charge < -0.3 is 19.7 Å². The lowest BCUT2D eigenvalue weighted by Crippen LogP contribution is -2.51. The highest BCUT2D eigenvalue weighted by atomic mass is 19.4. The van der Waals surface area contributed by atoms with Crippen LogP contribution in [0.25, 0.3) is 0 Å². The molecule has 1 aliphatic rings. The first-order valence-corrected chi connectivity index (χ1v) is 11.5. The Balaban J connectivity index is 1.58.